The lowest BCUT2D eigenvalue weighted by Gasteiger charge is -2.62. The maximum atomic E-state index is 13.3. The van der Waals surface area contributed by atoms with Gasteiger partial charge in [0, 0.05) is 46.6 Å². The number of aliphatic hydroxyl groups is 1. The minimum Gasteiger partial charge on any atom is -0.504 e. The van der Waals surface area contributed by atoms with Crippen LogP contribution in [-0.2, 0) is 18.3 Å². The summed E-state index contributed by atoms with van der Waals surface area (Å²) in [4.78, 5) is 42.2. The Morgan fingerprint density at radius 1 is 1.11 bits per heavy atom. The van der Waals surface area contributed by atoms with Crippen LogP contribution in [0, 0.1) is 5.92 Å². The molecule has 1 amide bonds. The molecule has 4 atom stereocenters. The second kappa shape index (κ2) is 8.80. The van der Waals surface area contributed by atoms with Crippen LogP contribution in [0.15, 0.2) is 48.5 Å². The molecule has 9 rings (SSSR count). The summed E-state index contributed by atoms with van der Waals surface area (Å²) in [6.07, 6.45) is 4.96. The number of para-hydroxylation sites is 1. The average Bonchev–Trinajstić information content (AvgIpc) is 3.66. The van der Waals surface area contributed by atoms with Gasteiger partial charge in [-0.25, -0.2) is 0 Å². The summed E-state index contributed by atoms with van der Waals surface area (Å²) in [7, 11) is 0. The third-order valence-electron chi connectivity index (χ3n) is 11.0. The SMILES string of the molecule is O=Cc1ccc(C(=O)Nc2cccc3c4c([nH]c23)[C@@H]2Oc3c(O)ccc5c3[C@@]23CCN(CC2CC2)[C@H](C5)[C@]3(O)C4)cc1C=O. The van der Waals surface area contributed by atoms with E-state index in [0.717, 1.165) is 52.8 Å². The van der Waals surface area contributed by atoms with E-state index in [9.17, 15) is 24.6 Å². The summed E-state index contributed by atoms with van der Waals surface area (Å²) in [5.41, 5.74) is 4.01. The maximum Gasteiger partial charge on any atom is 0.255 e. The monoisotopic (exact) mass is 589 g/mol. The first kappa shape index (κ1) is 26.0. The number of aromatic amines is 1. The molecule has 1 saturated heterocycles. The van der Waals surface area contributed by atoms with E-state index in [1.165, 1.54) is 31.0 Å². The number of benzene rings is 3. The number of ether oxygens (including phenoxy) is 1. The van der Waals surface area contributed by atoms with Crippen LogP contribution >= 0.6 is 0 Å². The van der Waals surface area contributed by atoms with Crippen molar-refractivity contribution in [2.45, 2.75) is 55.3 Å². The summed E-state index contributed by atoms with van der Waals surface area (Å²) >= 11 is 0. The van der Waals surface area contributed by atoms with E-state index in [1.54, 1.807) is 6.07 Å². The van der Waals surface area contributed by atoms with E-state index in [4.69, 9.17) is 4.74 Å². The van der Waals surface area contributed by atoms with E-state index in [0.29, 0.717) is 42.8 Å². The molecule has 44 heavy (non-hydrogen) atoms. The summed E-state index contributed by atoms with van der Waals surface area (Å²) in [5, 5.41) is 27.9. The molecule has 3 aliphatic carbocycles. The van der Waals surface area contributed by atoms with Crippen molar-refractivity contribution in [3.63, 3.8) is 0 Å². The predicted molar refractivity (Wildman–Crippen MR) is 162 cm³/mol. The highest BCUT2D eigenvalue weighted by Crippen LogP contribution is 2.69. The maximum absolute atomic E-state index is 13.3. The molecule has 9 nitrogen and oxygen atoms in total. The van der Waals surface area contributed by atoms with E-state index in [-0.39, 0.29) is 28.5 Å². The number of hydrogen-bond acceptors (Lipinski definition) is 7. The van der Waals surface area contributed by atoms with Crippen molar-refractivity contribution in [2.75, 3.05) is 18.4 Å². The number of carbonyl (C=O) groups excluding carboxylic acids is 3. The molecule has 2 aliphatic heterocycles. The first-order valence-corrected chi connectivity index (χ1v) is 15.3. The van der Waals surface area contributed by atoms with E-state index in [1.807, 2.05) is 24.3 Å². The Kier molecular flexibility index (Phi) is 5.20. The first-order chi connectivity index (χ1) is 21.4. The smallest absolute Gasteiger partial charge is 0.255 e. The van der Waals surface area contributed by atoms with Gasteiger partial charge in [-0.3, -0.25) is 19.3 Å². The third-order valence-corrected chi connectivity index (χ3v) is 11.0. The Morgan fingerprint density at radius 3 is 2.75 bits per heavy atom. The summed E-state index contributed by atoms with van der Waals surface area (Å²) in [6, 6.07) is 13.7. The Morgan fingerprint density at radius 2 is 1.95 bits per heavy atom. The number of likely N-dealkylation sites (tertiary alicyclic amines) is 1. The molecule has 4 aromatic rings. The van der Waals surface area contributed by atoms with Crippen molar-refractivity contribution >= 4 is 35.1 Å². The molecule has 5 aliphatic rings. The minimum absolute atomic E-state index is 0.0757. The number of nitrogens with one attached hydrogen (secondary N) is 2. The van der Waals surface area contributed by atoms with Gasteiger partial charge < -0.3 is 25.3 Å². The number of H-pyrrole nitrogens is 1. The number of phenolic OH excluding ortho intramolecular Hbond substituents is 1. The number of carbonyl (C=O) groups is 3. The fraction of sp³-hybridized carbons (Fsp3) is 0.343. The minimum atomic E-state index is -1.11. The van der Waals surface area contributed by atoms with E-state index >= 15 is 0 Å². The molecule has 1 spiro atoms. The predicted octanol–water partition coefficient (Wildman–Crippen LogP) is 4.45. The number of amides is 1. The van der Waals surface area contributed by atoms with Gasteiger partial charge in [0.2, 0.25) is 0 Å². The fourth-order valence-electron chi connectivity index (χ4n) is 8.87. The van der Waals surface area contributed by atoms with Crippen LogP contribution in [0.1, 0.15) is 78.8 Å². The lowest BCUT2D eigenvalue weighted by atomic mass is 9.49. The number of hydrogen-bond donors (Lipinski definition) is 4. The molecule has 222 valence electrons. The zero-order chi connectivity index (χ0) is 30.0. The number of rotatable bonds is 6. The lowest BCUT2D eigenvalue weighted by molar-refractivity contribution is -0.173. The molecule has 3 heterocycles. The highest BCUT2D eigenvalue weighted by molar-refractivity contribution is 6.10. The number of aromatic nitrogens is 1. The molecule has 1 saturated carbocycles. The Balaban J connectivity index is 1.17. The first-order valence-electron chi connectivity index (χ1n) is 15.3. The van der Waals surface area contributed by atoms with Crippen molar-refractivity contribution < 1.29 is 29.3 Å². The van der Waals surface area contributed by atoms with Gasteiger partial charge in [-0.05, 0) is 73.5 Å². The van der Waals surface area contributed by atoms with Crippen molar-refractivity contribution in [3.8, 4) is 11.5 Å². The number of fused-ring (bicyclic) bond motifs is 4. The number of aldehydes is 2. The van der Waals surface area contributed by atoms with Gasteiger partial charge in [-0.15, -0.1) is 0 Å². The fourth-order valence-corrected chi connectivity index (χ4v) is 8.87. The number of phenols is 1. The van der Waals surface area contributed by atoms with Crippen LogP contribution in [0.5, 0.6) is 11.5 Å². The van der Waals surface area contributed by atoms with Crippen LogP contribution in [0.3, 0.4) is 0 Å². The van der Waals surface area contributed by atoms with Gasteiger partial charge in [0.15, 0.2) is 30.2 Å². The van der Waals surface area contributed by atoms with Crippen molar-refractivity contribution in [2.24, 2.45) is 5.92 Å². The Hall–Kier alpha value is -4.47. The topological polar surface area (TPSA) is 132 Å². The molecule has 1 aromatic heterocycles. The van der Waals surface area contributed by atoms with Gasteiger partial charge in [0.25, 0.3) is 5.91 Å². The van der Waals surface area contributed by atoms with E-state index in [2.05, 4.69) is 15.2 Å². The van der Waals surface area contributed by atoms with Gasteiger partial charge >= 0.3 is 0 Å². The van der Waals surface area contributed by atoms with Gasteiger partial charge in [-0.1, -0.05) is 24.3 Å². The van der Waals surface area contributed by atoms with E-state index < -0.39 is 23.0 Å². The van der Waals surface area contributed by atoms with Crippen LogP contribution in [0.4, 0.5) is 5.69 Å². The molecular weight excluding hydrogens is 558 g/mol. The van der Waals surface area contributed by atoms with Crippen molar-refractivity contribution in [3.05, 3.63) is 87.6 Å². The normalized spacial score (nSPS) is 27.8. The van der Waals surface area contributed by atoms with Gasteiger partial charge in [-0.2, -0.15) is 0 Å². The molecule has 0 unspecified atom stereocenters. The number of piperidine rings is 1. The molecule has 0 radical (unpaired) electrons. The molecule has 4 N–H and O–H groups in total. The molecule has 3 aromatic carbocycles. The lowest BCUT2D eigenvalue weighted by Crippen LogP contribution is -2.74. The van der Waals surface area contributed by atoms with Crippen molar-refractivity contribution in [1.82, 2.24) is 9.88 Å². The largest absolute Gasteiger partial charge is 0.504 e. The van der Waals surface area contributed by atoms with Crippen LogP contribution in [0.2, 0.25) is 0 Å². The zero-order valence-electron chi connectivity index (χ0n) is 23.9. The molecule has 9 heteroatoms. The van der Waals surface area contributed by atoms with Crippen molar-refractivity contribution in [1.29, 1.82) is 0 Å². The van der Waals surface area contributed by atoms with Crippen LogP contribution < -0.4 is 10.1 Å². The standard InChI is InChI=1S/C35H31N3O6/c39-16-21-7-6-20(12-22(21)17-40)33(42)36-25-3-1-2-23-24-14-35(43)27-13-19-8-9-26(41)31-28(19)34(35,10-11-38(27)15-18-4-5-18)32(44-31)30(24)37-29(23)25/h1-3,6-9,12,16-18,27,32,37,41,43H,4-5,10-11,13-15H2,(H,36,42)/t27-,32+,34+,35-/m1/s1. The highest BCUT2D eigenvalue weighted by atomic mass is 16.5. The summed E-state index contributed by atoms with van der Waals surface area (Å²) in [5.74, 6) is 0.845. The third kappa shape index (κ3) is 3.23. The molecule has 2 bridgehead atoms. The van der Waals surface area contributed by atoms with Gasteiger partial charge in [0.1, 0.15) is 0 Å². The Bertz CT molecular complexity index is 1940. The van der Waals surface area contributed by atoms with Gasteiger partial charge in [0.05, 0.1) is 27.9 Å². The summed E-state index contributed by atoms with van der Waals surface area (Å²) < 4.78 is 6.69. The highest BCUT2D eigenvalue weighted by Gasteiger charge is 2.72. The Labute approximate surface area is 252 Å². The molecule has 2 fully saturated rings. The number of aromatic hydroxyl groups is 1. The van der Waals surface area contributed by atoms with Crippen LogP contribution in [-0.4, -0.2) is 63.3 Å². The second-order valence-corrected chi connectivity index (χ2v) is 13.2. The summed E-state index contributed by atoms with van der Waals surface area (Å²) in [6.45, 7) is 1.85. The molecular formula is C35H31N3O6. The number of anilines is 1. The van der Waals surface area contributed by atoms with Crippen LogP contribution in [0.25, 0.3) is 10.9 Å². The number of nitrogens with zero attached hydrogens (tertiary/aromatic N) is 1. The quantitative estimate of drug-likeness (QED) is 0.244. The second-order valence-electron chi connectivity index (χ2n) is 13.2. The average molecular weight is 590 g/mol. The zero-order valence-corrected chi connectivity index (χ0v) is 23.9.